The summed E-state index contributed by atoms with van der Waals surface area (Å²) in [6, 6.07) is 9.22. The summed E-state index contributed by atoms with van der Waals surface area (Å²) in [5.41, 5.74) is 1.74. The lowest BCUT2D eigenvalue weighted by atomic mass is 9.87. The van der Waals surface area contributed by atoms with Crippen molar-refractivity contribution in [3.05, 3.63) is 51.2 Å². The van der Waals surface area contributed by atoms with Crippen LogP contribution in [0.5, 0.6) is 0 Å². The minimum absolute atomic E-state index is 0.0201. The number of nitrogens with one attached hydrogen (secondary N) is 1. The third-order valence-corrected chi connectivity index (χ3v) is 8.96. The Bertz CT molecular complexity index is 1110. The van der Waals surface area contributed by atoms with E-state index in [2.05, 4.69) is 26.1 Å². The van der Waals surface area contributed by atoms with Gasteiger partial charge < -0.3 is 10.2 Å². The van der Waals surface area contributed by atoms with Crippen molar-refractivity contribution in [1.82, 2.24) is 14.5 Å². The summed E-state index contributed by atoms with van der Waals surface area (Å²) in [6.45, 7) is 11.6. The first-order valence-electron chi connectivity index (χ1n) is 11.1. The Hall–Kier alpha value is -2.23. The number of aryl methyl sites for hydroxylation is 2. The van der Waals surface area contributed by atoms with Crippen molar-refractivity contribution in [2.45, 2.75) is 51.3 Å². The number of thiophene rings is 1. The van der Waals surface area contributed by atoms with Crippen molar-refractivity contribution in [2.75, 3.05) is 32.7 Å². The van der Waals surface area contributed by atoms with Gasteiger partial charge in [0.05, 0.1) is 4.90 Å². The largest absolute Gasteiger partial charge is 0.352 e. The van der Waals surface area contributed by atoms with Crippen LogP contribution in [0.15, 0.2) is 35.2 Å². The van der Waals surface area contributed by atoms with Gasteiger partial charge in [-0.15, -0.1) is 11.3 Å². The number of amides is 2. The molecule has 1 aliphatic heterocycles. The van der Waals surface area contributed by atoms with E-state index in [1.807, 2.05) is 26.0 Å². The van der Waals surface area contributed by atoms with E-state index >= 15 is 0 Å². The average Bonchev–Trinajstić information content (AvgIpc) is 3.12. The lowest BCUT2D eigenvalue weighted by molar-refractivity contribution is -0.132. The summed E-state index contributed by atoms with van der Waals surface area (Å²) in [4.78, 5) is 28.7. The summed E-state index contributed by atoms with van der Waals surface area (Å²) in [5.74, 6) is -0.293. The molecule has 1 N–H and O–H groups in total. The molecular formula is C24H33N3O4S2. The van der Waals surface area contributed by atoms with E-state index in [4.69, 9.17) is 0 Å². The number of sulfonamides is 1. The lowest BCUT2D eigenvalue weighted by Crippen LogP contribution is -2.50. The van der Waals surface area contributed by atoms with Crippen LogP contribution in [-0.2, 0) is 20.2 Å². The monoisotopic (exact) mass is 491 g/mol. The van der Waals surface area contributed by atoms with Crippen molar-refractivity contribution in [1.29, 1.82) is 0 Å². The first-order chi connectivity index (χ1) is 15.4. The zero-order chi connectivity index (χ0) is 24.4. The number of hydrogen-bond acceptors (Lipinski definition) is 5. The zero-order valence-electron chi connectivity index (χ0n) is 20.0. The van der Waals surface area contributed by atoms with Crippen LogP contribution in [0.2, 0.25) is 0 Å². The van der Waals surface area contributed by atoms with Crippen LogP contribution in [0.4, 0.5) is 0 Å². The Kier molecular flexibility index (Phi) is 7.65. The number of nitrogens with zero attached hydrogens (tertiary/aromatic N) is 2. The maximum Gasteiger partial charge on any atom is 0.251 e. The third kappa shape index (κ3) is 6.02. The van der Waals surface area contributed by atoms with E-state index in [0.717, 1.165) is 15.3 Å². The molecule has 9 heteroatoms. The average molecular weight is 492 g/mol. The van der Waals surface area contributed by atoms with Gasteiger partial charge >= 0.3 is 0 Å². The van der Waals surface area contributed by atoms with Crippen LogP contribution in [-0.4, -0.2) is 62.2 Å². The first kappa shape index (κ1) is 25.4. The van der Waals surface area contributed by atoms with Gasteiger partial charge in [0.15, 0.2) is 0 Å². The molecule has 0 spiro atoms. The highest BCUT2D eigenvalue weighted by molar-refractivity contribution is 7.89. The summed E-state index contributed by atoms with van der Waals surface area (Å²) in [6.07, 6.45) is 0.182. The smallest absolute Gasteiger partial charge is 0.251 e. The molecular weight excluding hydrogens is 458 g/mol. The molecule has 0 saturated carbocycles. The second-order valence-corrected chi connectivity index (χ2v) is 12.8. The molecule has 1 aromatic heterocycles. The van der Waals surface area contributed by atoms with Gasteiger partial charge in [-0.3, -0.25) is 9.59 Å². The van der Waals surface area contributed by atoms with Gasteiger partial charge in [-0.1, -0.05) is 32.9 Å². The minimum Gasteiger partial charge on any atom is -0.352 e. The van der Waals surface area contributed by atoms with E-state index in [1.165, 1.54) is 15.6 Å². The van der Waals surface area contributed by atoms with Gasteiger partial charge in [-0.2, -0.15) is 4.31 Å². The van der Waals surface area contributed by atoms with E-state index < -0.39 is 10.0 Å². The van der Waals surface area contributed by atoms with Crippen LogP contribution < -0.4 is 5.32 Å². The van der Waals surface area contributed by atoms with Crippen molar-refractivity contribution in [3.63, 3.8) is 0 Å². The molecule has 0 radical (unpaired) electrons. The fourth-order valence-electron chi connectivity index (χ4n) is 3.85. The molecule has 1 saturated heterocycles. The summed E-state index contributed by atoms with van der Waals surface area (Å²) in [7, 11) is -3.54. The van der Waals surface area contributed by atoms with Crippen LogP contribution in [0.1, 0.15) is 52.9 Å². The lowest BCUT2D eigenvalue weighted by Gasteiger charge is -2.34. The summed E-state index contributed by atoms with van der Waals surface area (Å²) >= 11 is 1.47. The van der Waals surface area contributed by atoms with Crippen molar-refractivity contribution in [3.8, 4) is 0 Å². The maximum absolute atomic E-state index is 12.9. The standard InChI is InChI=1S/C24H33N3O4S2/c1-17-16-21(18(2)32-17)33(30,31)27-14-12-26(13-15-27)22(28)10-11-25-23(29)19-6-8-20(9-7-19)24(3,4)5/h6-9,16H,10-15H2,1-5H3,(H,25,29). The summed E-state index contributed by atoms with van der Waals surface area (Å²) < 4.78 is 27.3. The number of carbonyl (C=O) groups is 2. The highest BCUT2D eigenvalue weighted by Crippen LogP contribution is 2.28. The van der Waals surface area contributed by atoms with Gasteiger partial charge in [0.1, 0.15) is 0 Å². The molecule has 180 valence electrons. The first-order valence-corrected chi connectivity index (χ1v) is 13.4. The molecule has 0 bridgehead atoms. The van der Waals surface area contributed by atoms with Gasteiger partial charge in [0.2, 0.25) is 15.9 Å². The Morgan fingerprint density at radius 1 is 1.03 bits per heavy atom. The molecule has 1 fully saturated rings. The Balaban J connectivity index is 1.47. The highest BCUT2D eigenvalue weighted by atomic mass is 32.2. The predicted molar refractivity (Wildman–Crippen MR) is 131 cm³/mol. The molecule has 33 heavy (non-hydrogen) atoms. The fraction of sp³-hybridized carbons (Fsp3) is 0.500. The molecule has 0 unspecified atom stereocenters. The zero-order valence-corrected chi connectivity index (χ0v) is 21.6. The van der Waals surface area contributed by atoms with Crippen LogP contribution in [0, 0.1) is 13.8 Å². The van der Waals surface area contributed by atoms with Gasteiger partial charge in [0, 0.05) is 54.5 Å². The van der Waals surface area contributed by atoms with Gasteiger partial charge in [-0.05, 0) is 43.0 Å². The number of benzene rings is 1. The Labute approximate surface area is 200 Å². The molecule has 2 heterocycles. The van der Waals surface area contributed by atoms with Gasteiger partial charge in [0.25, 0.3) is 5.91 Å². The Morgan fingerprint density at radius 2 is 1.64 bits per heavy atom. The molecule has 7 nitrogen and oxygen atoms in total. The quantitative estimate of drug-likeness (QED) is 0.672. The molecule has 1 aromatic carbocycles. The second kappa shape index (κ2) is 9.95. The van der Waals surface area contributed by atoms with E-state index in [-0.39, 0.29) is 43.3 Å². The third-order valence-electron chi connectivity index (χ3n) is 5.84. The number of rotatable bonds is 6. The fourth-order valence-corrected chi connectivity index (χ4v) is 6.79. The normalized spacial score (nSPS) is 15.5. The van der Waals surface area contributed by atoms with Crippen molar-refractivity contribution in [2.24, 2.45) is 0 Å². The van der Waals surface area contributed by atoms with Crippen LogP contribution >= 0.6 is 11.3 Å². The molecule has 3 rings (SSSR count). The minimum atomic E-state index is -3.54. The highest BCUT2D eigenvalue weighted by Gasteiger charge is 2.31. The van der Waals surface area contributed by atoms with E-state index in [9.17, 15) is 18.0 Å². The van der Waals surface area contributed by atoms with E-state index in [1.54, 1.807) is 23.1 Å². The number of piperazine rings is 1. The van der Waals surface area contributed by atoms with E-state index in [0.29, 0.717) is 23.5 Å². The van der Waals surface area contributed by atoms with Crippen LogP contribution in [0.25, 0.3) is 0 Å². The van der Waals surface area contributed by atoms with Crippen molar-refractivity contribution < 1.29 is 18.0 Å². The Morgan fingerprint density at radius 3 is 2.15 bits per heavy atom. The molecule has 2 aromatic rings. The topological polar surface area (TPSA) is 86.8 Å². The van der Waals surface area contributed by atoms with Gasteiger partial charge in [-0.25, -0.2) is 8.42 Å². The predicted octanol–water partition coefficient (Wildman–Crippen LogP) is 3.32. The number of hydrogen-bond donors (Lipinski definition) is 1. The molecule has 2 amide bonds. The second-order valence-electron chi connectivity index (χ2n) is 9.40. The SMILES string of the molecule is Cc1cc(S(=O)(=O)N2CCN(C(=O)CCNC(=O)c3ccc(C(C)(C)C)cc3)CC2)c(C)s1. The molecule has 1 aliphatic rings. The van der Waals surface area contributed by atoms with Crippen LogP contribution in [0.3, 0.4) is 0 Å². The molecule has 0 aliphatic carbocycles. The summed E-state index contributed by atoms with van der Waals surface area (Å²) in [5, 5.41) is 2.80. The maximum atomic E-state index is 12.9. The number of carbonyl (C=O) groups excluding carboxylic acids is 2. The molecule has 0 atom stereocenters. The van der Waals surface area contributed by atoms with Crippen molar-refractivity contribution >= 4 is 33.2 Å².